The van der Waals surface area contributed by atoms with Crippen LogP contribution in [0.4, 0.5) is 13.2 Å². The van der Waals surface area contributed by atoms with Crippen LogP contribution in [-0.4, -0.2) is 43.0 Å². The van der Waals surface area contributed by atoms with Crippen LogP contribution >= 0.6 is 0 Å². The van der Waals surface area contributed by atoms with Crippen LogP contribution in [0.1, 0.15) is 40.6 Å². The second-order valence-electron chi connectivity index (χ2n) is 9.15. The summed E-state index contributed by atoms with van der Waals surface area (Å²) in [7, 11) is 0. The van der Waals surface area contributed by atoms with Gasteiger partial charge >= 0.3 is 12.1 Å². The maximum Gasteiger partial charge on any atom is 0.416 e. The topological polar surface area (TPSA) is 88.3 Å². The van der Waals surface area contributed by atoms with E-state index in [4.69, 9.17) is 0 Å². The first-order valence-corrected chi connectivity index (χ1v) is 12.1. The first-order valence-electron chi connectivity index (χ1n) is 12.1. The molecular weight excluding hydrogens is 497 g/mol. The predicted octanol–water partition coefficient (Wildman–Crippen LogP) is 5.27. The van der Waals surface area contributed by atoms with E-state index in [1.54, 1.807) is 55.1 Å². The van der Waals surface area contributed by atoms with Crippen molar-refractivity contribution < 1.29 is 27.9 Å². The molecule has 0 aliphatic rings. The van der Waals surface area contributed by atoms with E-state index in [9.17, 15) is 27.9 Å². The summed E-state index contributed by atoms with van der Waals surface area (Å²) in [5.74, 6) is -1.29. The molecule has 0 aliphatic heterocycles. The molecule has 1 amide bonds. The van der Waals surface area contributed by atoms with Crippen LogP contribution in [0, 0.1) is 13.8 Å². The highest BCUT2D eigenvalue weighted by atomic mass is 19.4. The second-order valence-corrected chi connectivity index (χ2v) is 9.15. The van der Waals surface area contributed by atoms with Crippen molar-refractivity contribution in [1.29, 1.82) is 0 Å². The summed E-state index contributed by atoms with van der Waals surface area (Å²) in [5, 5.41) is 9.98. The van der Waals surface area contributed by atoms with E-state index in [0.717, 1.165) is 17.8 Å². The number of likely N-dealkylation sites (N-methyl/N-ethyl adjacent to an activating group) is 1. The number of halogens is 3. The van der Waals surface area contributed by atoms with Crippen LogP contribution in [0.15, 0.2) is 54.9 Å². The first-order chi connectivity index (χ1) is 18.0. The molecule has 1 aromatic carbocycles. The number of nitrogens with zero attached hydrogens (tertiary/aromatic N) is 4. The van der Waals surface area contributed by atoms with Gasteiger partial charge in [0, 0.05) is 42.3 Å². The van der Waals surface area contributed by atoms with Crippen LogP contribution in [0.2, 0.25) is 0 Å². The number of amides is 1. The number of carbonyl (C=O) groups excluding carboxylic acids is 1. The highest BCUT2D eigenvalue weighted by Crippen LogP contribution is 2.34. The van der Waals surface area contributed by atoms with E-state index in [2.05, 4.69) is 9.97 Å². The van der Waals surface area contributed by atoms with E-state index >= 15 is 0 Å². The zero-order valence-corrected chi connectivity index (χ0v) is 21.2. The van der Waals surface area contributed by atoms with E-state index < -0.39 is 17.7 Å². The van der Waals surface area contributed by atoms with Gasteiger partial charge in [0.1, 0.15) is 5.65 Å². The Kier molecular flexibility index (Phi) is 7.52. The maximum absolute atomic E-state index is 13.7. The molecule has 198 valence electrons. The summed E-state index contributed by atoms with van der Waals surface area (Å²) in [6.45, 7) is 5.58. The minimum absolute atomic E-state index is 0.0609. The van der Waals surface area contributed by atoms with Crippen molar-refractivity contribution in [3.63, 3.8) is 0 Å². The second kappa shape index (κ2) is 10.6. The van der Waals surface area contributed by atoms with Crippen molar-refractivity contribution in [1.82, 2.24) is 19.4 Å². The van der Waals surface area contributed by atoms with Crippen LogP contribution < -0.4 is 0 Å². The Bertz CT molecular complexity index is 1490. The average molecular weight is 525 g/mol. The molecule has 38 heavy (non-hydrogen) atoms. The van der Waals surface area contributed by atoms with Gasteiger partial charge in [-0.3, -0.25) is 14.6 Å². The molecule has 1 N–H and O–H groups in total. The van der Waals surface area contributed by atoms with Gasteiger partial charge in [-0.05, 0) is 73.9 Å². The van der Waals surface area contributed by atoms with E-state index in [1.165, 1.54) is 11.0 Å². The number of hydrogen-bond donors (Lipinski definition) is 1. The molecule has 4 aromatic rings. The van der Waals surface area contributed by atoms with Crippen molar-refractivity contribution in [3.8, 4) is 5.69 Å². The summed E-state index contributed by atoms with van der Waals surface area (Å²) in [6, 6.07) is 10.5. The number of benzene rings is 1. The Balaban J connectivity index is 1.79. The Morgan fingerprint density at radius 3 is 2.37 bits per heavy atom. The van der Waals surface area contributed by atoms with Gasteiger partial charge < -0.3 is 14.6 Å². The summed E-state index contributed by atoms with van der Waals surface area (Å²) in [6.07, 6.45) is -1.59. The van der Waals surface area contributed by atoms with Gasteiger partial charge in [-0.2, -0.15) is 13.2 Å². The number of carbonyl (C=O) groups is 2. The molecule has 0 aliphatic carbocycles. The number of aryl methyl sites for hydroxylation is 2. The van der Waals surface area contributed by atoms with Crippen molar-refractivity contribution in [2.75, 3.05) is 6.54 Å². The maximum atomic E-state index is 13.7. The van der Waals surface area contributed by atoms with Crippen LogP contribution in [0.3, 0.4) is 0 Å². The number of carboxylic acid groups (broad SMARTS) is 1. The molecule has 0 spiro atoms. The van der Waals surface area contributed by atoms with E-state index in [-0.39, 0.29) is 37.4 Å². The summed E-state index contributed by atoms with van der Waals surface area (Å²) in [5.41, 5.74) is 2.92. The summed E-state index contributed by atoms with van der Waals surface area (Å²) >= 11 is 0. The van der Waals surface area contributed by atoms with Gasteiger partial charge in [0.05, 0.1) is 24.1 Å². The number of alkyl halides is 3. The first kappa shape index (κ1) is 26.8. The predicted molar refractivity (Wildman–Crippen MR) is 136 cm³/mol. The Morgan fingerprint density at radius 1 is 1.00 bits per heavy atom. The lowest BCUT2D eigenvalue weighted by atomic mass is 10.1. The number of aliphatic carboxylic acids is 1. The fourth-order valence-corrected chi connectivity index (χ4v) is 4.35. The normalized spacial score (nSPS) is 11.6. The van der Waals surface area contributed by atoms with Crippen LogP contribution in [-0.2, 0) is 35.2 Å². The van der Waals surface area contributed by atoms with Crippen LogP contribution in [0.25, 0.3) is 16.7 Å². The monoisotopic (exact) mass is 524 g/mol. The number of carboxylic acids is 1. The number of pyridine rings is 2. The smallest absolute Gasteiger partial charge is 0.416 e. The van der Waals surface area contributed by atoms with Crippen molar-refractivity contribution in [2.24, 2.45) is 0 Å². The fraction of sp³-hybridized carbons (Fsp3) is 0.286. The summed E-state index contributed by atoms with van der Waals surface area (Å²) in [4.78, 5) is 34.9. The van der Waals surface area contributed by atoms with Gasteiger partial charge in [0.2, 0.25) is 5.91 Å². The molecule has 4 rings (SSSR count). The summed E-state index contributed by atoms with van der Waals surface area (Å²) < 4.78 is 42.7. The molecule has 7 nitrogen and oxygen atoms in total. The third kappa shape index (κ3) is 5.85. The third-order valence-corrected chi connectivity index (χ3v) is 6.31. The molecule has 0 unspecified atom stereocenters. The van der Waals surface area contributed by atoms with Gasteiger partial charge in [-0.15, -0.1) is 0 Å². The van der Waals surface area contributed by atoms with E-state index in [0.29, 0.717) is 33.5 Å². The van der Waals surface area contributed by atoms with Gasteiger partial charge in [0.25, 0.3) is 0 Å². The number of aromatic nitrogens is 3. The van der Waals surface area contributed by atoms with Crippen molar-refractivity contribution in [2.45, 2.75) is 46.3 Å². The van der Waals surface area contributed by atoms with Crippen molar-refractivity contribution in [3.05, 3.63) is 88.5 Å². The lowest BCUT2D eigenvalue weighted by molar-refractivity contribution is -0.138. The molecule has 0 atom stereocenters. The van der Waals surface area contributed by atoms with Gasteiger partial charge in [-0.1, -0.05) is 6.07 Å². The minimum atomic E-state index is -4.58. The standard InChI is InChI=1S/C28H27F3N4O3/c1-4-34(25(36)11-19-7-5-17(2)32-14-19)15-21-12-22(28(29,30)31)8-10-24(21)35-16-20(13-26(37)38)23-9-6-18(3)33-27(23)35/h5-10,12,14,16H,4,11,13,15H2,1-3H3,(H,37,38). The zero-order chi connectivity index (χ0) is 27.6. The minimum Gasteiger partial charge on any atom is -0.481 e. The van der Waals surface area contributed by atoms with Crippen molar-refractivity contribution >= 4 is 22.9 Å². The Morgan fingerprint density at radius 2 is 1.74 bits per heavy atom. The number of hydrogen-bond acceptors (Lipinski definition) is 4. The quantitative estimate of drug-likeness (QED) is 0.339. The third-order valence-electron chi connectivity index (χ3n) is 6.31. The molecule has 3 aromatic heterocycles. The SMILES string of the molecule is CCN(Cc1cc(C(F)(F)F)ccc1-n1cc(CC(=O)O)c2ccc(C)nc21)C(=O)Cc1ccc(C)nc1. The lowest BCUT2D eigenvalue weighted by Gasteiger charge is -2.24. The number of rotatable bonds is 8. The molecule has 0 fully saturated rings. The Hall–Kier alpha value is -4.21. The molecule has 0 radical (unpaired) electrons. The molecule has 3 heterocycles. The highest BCUT2D eigenvalue weighted by Gasteiger charge is 2.32. The molecule has 0 bridgehead atoms. The van der Waals surface area contributed by atoms with Crippen LogP contribution in [0.5, 0.6) is 0 Å². The lowest BCUT2D eigenvalue weighted by Crippen LogP contribution is -2.32. The van der Waals surface area contributed by atoms with Gasteiger partial charge in [0.15, 0.2) is 0 Å². The zero-order valence-electron chi connectivity index (χ0n) is 21.2. The fourth-order valence-electron chi connectivity index (χ4n) is 4.35. The molecule has 0 saturated carbocycles. The van der Waals surface area contributed by atoms with Gasteiger partial charge in [-0.25, -0.2) is 4.98 Å². The molecule has 0 saturated heterocycles. The largest absolute Gasteiger partial charge is 0.481 e. The Labute approximate surface area is 217 Å². The molecule has 10 heteroatoms. The number of fused-ring (bicyclic) bond motifs is 1. The van der Waals surface area contributed by atoms with E-state index in [1.807, 2.05) is 6.92 Å². The highest BCUT2D eigenvalue weighted by molar-refractivity contribution is 5.87. The molecular formula is C28H27F3N4O3. The average Bonchev–Trinajstić information content (AvgIpc) is 3.19.